The summed E-state index contributed by atoms with van der Waals surface area (Å²) in [6.07, 6.45) is 0. The molecule has 0 bridgehead atoms. The number of hydrogen-bond donors (Lipinski definition) is 1. The number of ether oxygens (including phenoxy) is 1. The van der Waals surface area contributed by atoms with E-state index in [0.717, 1.165) is 22.3 Å². The minimum absolute atomic E-state index is 0.233. The van der Waals surface area contributed by atoms with Crippen molar-refractivity contribution in [2.75, 3.05) is 11.9 Å². The van der Waals surface area contributed by atoms with Crippen molar-refractivity contribution in [1.82, 2.24) is 0 Å². The van der Waals surface area contributed by atoms with Crippen molar-refractivity contribution in [2.24, 2.45) is 0 Å². The van der Waals surface area contributed by atoms with Crippen molar-refractivity contribution >= 4 is 39.6 Å². The zero-order chi connectivity index (χ0) is 20.9. The van der Waals surface area contributed by atoms with Gasteiger partial charge in [-0.3, -0.25) is 4.79 Å². The maximum Gasteiger partial charge on any atom is 0.341 e. The van der Waals surface area contributed by atoms with Gasteiger partial charge in [0, 0.05) is 10.9 Å². The van der Waals surface area contributed by atoms with Crippen molar-refractivity contribution in [1.29, 1.82) is 0 Å². The van der Waals surface area contributed by atoms with Crippen LogP contribution in [0.5, 0.6) is 0 Å². The summed E-state index contributed by atoms with van der Waals surface area (Å²) in [5, 5.41) is 7.09. The molecular weight excluding hydrogens is 414 g/mol. The predicted molar refractivity (Wildman–Crippen MR) is 123 cm³/mol. The lowest BCUT2D eigenvalue weighted by atomic mass is 9.99. The summed E-state index contributed by atoms with van der Waals surface area (Å²) in [6.45, 7) is 2.03. The van der Waals surface area contributed by atoms with E-state index in [2.05, 4.69) is 17.4 Å². The van der Waals surface area contributed by atoms with Crippen LogP contribution in [0.2, 0.25) is 0 Å². The van der Waals surface area contributed by atoms with E-state index in [1.807, 2.05) is 59.3 Å². The molecule has 0 radical (unpaired) electrons. The molecule has 0 unspecified atom stereocenters. The zero-order valence-electron chi connectivity index (χ0n) is 16.3. The summed E-state index contributed by atoms with van der Waals surface area (Å²) in [5.41, 5.74) is 4.26. The summed E-state index contributed by atoms with van der Waals surface area (Å²) in [4.78, 5) is 25.8. The molecule has 6 heteroatoms. The number of rotatable bonds is 6. The Labute approximate surface area is 182 Å². The van der Waals surface area contributed by atoms with Gasteiger partial charge in [-0.1, -0.05) is 60.7 Å². The second kappa shape index (κ2) is 9.07. The predicted octanol–water partition coefficient (Wildman–Crippen LogP) is 6.57. The molecule has 0 aliphatic carbocycles. The second-order valence-corrected chi connectivity index (χ2v) is 8.28. The normalized spacial score (nSPS) is 10.6. The topological polar surface area (TPSA) is 55.4 Å². The highest BCUT2D eigenvalue weighted by atomic mass is 32.1. The van der Waals surface area contributed by atoms with E-state index in [-0.39, 0.29) is 12.5 Å². The van der Waals surface area contributed by atoms with E-state index in [9.17, 15) is 9.59 Å². The Morgan fingerprint density at radius 1 is 0.867 bits per heavy atom. The van der Waals surface area contributed by atoms with Crippen LogP contribution in [0.1, 0.15) is 27.0 Å². The molecule has 0 saturated carbocycles. The van der Waals surface area contributed by atoms with Gasteiger partial charge in [0.25, 0.3) is 5.91 Å². The van der Waals surface area contributed by atoms with E-state index in [0.29, 0.717) is 15.4 Å². The summed E-state index contributed by atoms with van der Waals surface area (Å²) >= 11 is 2.68. The average molecular weight is 434 g/mol. The number of benzene rings is 2. The van der Waals surface area contributed by atoms with E-state index in [1.165, 1.54) is 22.7 Å². The Hall–Kier alpha value is -3.22. The van der Waals surface area contributed by atoms with Crippen molar-refractivity contribution in [3.8, 4) is 22.3 Å². The Balaban J connectivity index is 1.68. The molecule has 30 heavy (non-hydrogen) atoms. The van der Waals surface area contributed by atoms with Crippen LogP contribution in [0, 0.1) is 0 Å². The van der Waals surface area contributed by atoms with E-state index in [1.54, 1.807) is 13.0 Å². The minimum atomic E-state index is -0.442. The van der Waals surface area contributed by atoms with Gasteiger partial charge in [-0.05, 0) is 35.1 Å². The van der Waals surface area contributed by atoms with Gasteiger partial charge in [0.2, 0.25) is 0 Å². The van der Waals surface area contributed by atoms with Crippen molar-refractivity contribution in [3.05, 3.63) is 87.9 Å². The monoisotopic (exact) mass is 433 g/mol. The highest BCUT2D eigenvalue weighted by Crippen LogP contribution is 2.37. The molecule has 0 saturated heterocycles. The number of amides is 1. The molecule has 1 N–H and O–H groups in total. The van der Waals surface area contributed by atoms with Gasteiger partial charge in [-0.15, -0.1) is 22.7 Å². The molecule has 4 rings (SSSR count). The highest BCUT2D eigenvalue weighted by Gasteiger charge is 2.23. The molecule has 2 aromatic carbocycles. The number of carbonyl (C=O) groups is 2. The van der Waals surface area contributed by atoms with Crippen LogP contribution in [0.15, 0.2) is 77.5 Å². The molecule has 0 atom stereocenters. The van der Waals surface area contributed by atoms with E-state index >= 15 is 0 Å². The fraction of sp³-hybridized carbons (Fsp3) is 0.0833. The molecule has 150 valence electrons. The van der Waals surface area contributed by atoms with Crippen LogP contribution in [0.4, 0.5) is 5.00 Å². The smallest absolute Gasteiger partial charge is 0.341 e. The van der Waals surface area contributed by atoms with Crippen LogP contribution in [0.25, 0.3) is 22.3 Å². The standard InChI is InChI=1S/C24H19NO3S2/c1-2-28-24(27)21-19(15-30-23(21)25-22(26)20-9-6-14-29-20)18-12-10-17(11-13-18)16-7-4-3-5-8-16/h3-15H,2H2,1H3,(H,25,26). The zero-order valence-corrected chi connectivity index (χ0v) is 17.9. The van der Waals surface area contributed by atoms with Crippen LogP contribution in [-0.4, -0.2) is 18.5 Å². The molecule has 0 aliphatic heterocycles. The van der Waals surface area contributed by atoms with Gasteiger partial charge < -0.3 is 10.1 Å². The summed E-state index contributed by atoms with van der Waals surface area (Å²) in [5.74, 6) is -0.675. The first-order valence-electron chi connectivity index (χ1n) is 9.46. The molecule has 2 aromatic heterocycles. The first-order chi connectivity index (χ1) is 14.7. The first kappa shape index (κ1) is 20.1. The molecule has 0 spiro atoms. The Bertz CT molecular complexity index is 1150. The SMILES string of the molecule is CCOC(=O)c1c(-c2ccc(-c3ccccc3)cc2)csc1NC(=O)c1cccs1. The van der Waals surface area contributed by atoms with Crippen molar-refractivity contribution in [3.63, 3.8) is 0 Å². The van der Waals surface area contributed by atoms with Gasteiger partial charge in [0.05, 0.1) is 11.5 Å². The number of thiophene rings is 2. The van der Waals surface area contributed by atoms with Gasteiger partial charge >= 0.3 is 5.97 Å². The van der Waals surface area contributed by atoms with Crippen LogP contribution in [0.3, 0.4) is 0 Å². The number of esters is 1. The van der Waals surface area contributed by atoms with Crippen LogP contribution in [-0.2, 0) is 4.74 Å². The van der Waals surface area contributed by atoms with Crippen molar-refractivity contribution in [2.45, 2.75) is 6.92 Å². The molecule has 0 fully saturated rings. The summed E-state index contributed by atoms with van der Waals surface area (Å²) in [7, 11) is 0. The number of carbonyl (C=O) groups excluding carboxylic acids is 2. The number of nitrogens with one attached hydrogen (secondary N) is 1. The first-order valence-corrected chi connectivity index (χ1v) is 11.2. The average Bonchev–Trinajstić information content (AvgIpc) is 3.45. The van der Waals surface area contributed by atoms with E-state index in [4.69, 9.17) is 4.74 Å². The second-order valence-electron chi connectivity index (χ2n) is 6.45. The molecule has 1 amide bonds. The number of anilines is 1. The molecule has 4 nitrogen and oxygen atoms in total. The lowest BCUT2D eigenvalue weighted by Gasteiger charge is -2.09. The fourth-order valence-electron chi connectivity index (χ4n) is 3.11. The summed E-state index contributed by atoms with van der Waals surface area (Å²) < 4.78 is 5.27. The third-order valence-electron chi connectivity index (χ3n) is 4.55. The Morgan fingerprint density at radius 2 is 1.57 bits per heavy atom. The lowest BCUT2D eigenvalue weighted by molar-refractivity contribution is 0.0529. The van der Waals surface area contributed by atoms with Gasteiger partial charge in [0.1, 0.15) is 10.6 Å². The minimum Gasteiger partial charge on any atom is -0.462 e. The maximum absolute atomic E-state index is 12.7. The van der Waals surface area contributed by atoms with Gasteiger partial charge in [0.15, 0.2) is 0 Å². The molecule has 0 aliphatic rings. The number of hydrogen-bond acceptors (Lipinski definition) is 5. The van der Waals surface area contributed by atoms with E-state index < -0.39 is 5.97 Å². The van der Waals surface area contributed by atoms with Crippen LogP contribution < -0.4 is 5.32 Å². The van der Waals surface area contributed by atoms with Gasteiger partial charge in [-0.25, -0.2) is 4.79 Å². The molecular formula is C24H19NO3S2. The Morgan fingerprint density at radius 3 is 2.23 bits per heavy atom. The third-order valence-corrected chi connectivity index (χ3v) is 6.31. The molecule has 2 heterocycles. The third kappa shape index (κ3) is 4.20. The Kier molecular flexibility index (Phi) is 6.07. The molecule has 4 aromatic rings. The highest BCUT2D eigenvalue weighted by molar-refractivity contribution is 7.15. The largest absolute Gasteiger partial charge is 0.462 e. The summed E-state index contributed by atoms with van der Waals surface area (Å²) in [6, 6.07) is 21.7. The van der Waals surface area contributed by atoms with Crippen molar-refractivity contribution < 1.29 is 14.3 Å². The quantitative estimate of drug-likeness (QED) is 0.350. The maximum atomic E-state index is 12.7. The lowest BCUT2D eigenvalue weighted by Crippen LogP contribution is -2.13. The van der Waals surface area contributed by atoms with Gasteiger partial charge in [-0.2, -0.15) is 0 Å². The fourth-order valence-corrected chi connectivity index (χ4v) is 4.68. The van der Waals surface area contributed by atoms with Crippen LogP contribution >= 0.6 is 22.7 Å².